The fourth-order valence-electron chi connectivity index (χ4n) is 3.11. The molecular weight excluding hydrogens is 372 g/mol. The van der Waals surface area contributed by atoms with Crippen LogP contribution in [0.15, 0.2) is 18.2 Å². The van der Waals surface area contributed by atoms with Gasteiger partial charge in [-0.25, -0.2) is 0 Å². The SMILES string of the molecule is CC(=O)c1cccc(OCCCN)c1C(C)=O.CCC(C)C1CCC(=O)NC1=O. The van der Waals surface area contributed by atoms with E-state index in [4.69, 9.17) is 10.5 Å². The molecule has 2 rings (SSSR count). The molecule has 0 aromatic heterocycles. The van der Waals surface area contributed by atoms with Crippen molar-refractivity contribution in [3.8, 4) is 5.75 Å². The number of hydrogen-bond acceptors (Lipinski definition) is 6. The fourth-order valence-corrected chi connectivity index (χ4v) is 3.11. The van der Waals surface area contributed by atoms with Crippen molar-refractivity contribution in [2.45, 2.75) is 53.4 Å². The Hall–Kier alpha value is -2.54. The van der Waals surface area contributed by atoms with Crippen LogP contribution in [0.25, 0.3) is 0 Å². The number of nitrogens with two attached hydrogens (primary N) is 1. The second kappa shape index (κ2) is 12.1. The summed E-state index contributed by atoms with van der Waals surface area (Å²) >= 11 is 0. The average Bonchev–Trinajstić information content (AvgIpc) is 2.67. The highest BCUT2D eigenvalue weighted by Gasteiger charge is 2.29. The average molecular weight is 405 g/mol. The molecule has 2 atom stereocenters. The number of benzene rings is 1. The molecule has 160 valence electrons. The van der Waals surface area contributed by atoms with E-state index >= 15 is 0 Å². The van der Waals surface area contributed by atoms with Crippen molar-refractivity contribution in [3.05, 3.63) is 29.3 Å². The van der Waals surface area contributed by atoms with E-state index < -0.39 is 0 Å². The van der Waals surface area contributed by atoms with Gasteiger partial charge in [0.15, 0.2) is 11.6 Å². The van der Waals surface area contributed by atoms with E-state index in [0.717, 1.165) is 12.8 Å². The number of nitrogens with one attached hydrogen (secondary N) is 1. The van der Waals surface area contributed by atoms with Crippen molar-refractivity contribution in [1.29, 1.82) is 0 Å². The molecule has 0 aliphatic carbocycles. The van der Waals surface area contributed by atoms with Crippen molar-refractivity contribution in [2.24, 2.45) is 17.6 Å². The van der Waals surface area contributed by atoms with Gasteiger partial charge in [0.05, 0.1) is 12.2 Å². The molecule has 0 saturated carbocycles. The largest absolute Gasteiger partial charge is 0.493 e. The van der Waals surface area contributed by atoms with Gasteiger partial charge in [-0.15, -0.1) is 0 Å². The number of ether oxygens (including phenoxy) is 1. The van der Waals surface area contributed by atoms with Crippen LogP contribution in [0.1, 0.15) is 74.1 Å². The van der Waals surface area contributed by atoms with Crippen LogP contribution in [0.5, 0.6) is 5.75 Å². The molecule has 0 spiro atoms. The van der Waals surface area contributed by atoms with Crippen LogP contribution in [0.4, 0.5) is 0 Å². The minimum atomic E-state index is -0.168. The highest BCUT2D eigenvalue weighted by Crippen LogP contribution is 2.24. The summed E-state index contributed by atoms with van der Waals surface area (Å²) < 4.78 is 5.48. The Morgan fingerprint density at radius 1 is 1.24 bits per heavy atom. The summed E-state index contributed by atoms with van der Waals surface area (Å²) in [6.45, 7) is 7.96. The summed E-state index contributed by atoms with van der Waals surface area (Å²) in [5, 5.41) is 2.37. The molecule has 1 heterocycles. The normalized spacial score (nSPS) is 16.9. The minimum absolute atomic E-state index is 0.0488. The van der Waals surface area contributed by atoms with Crippen LogP contribution in [0.3, 0.4) is 0 Å². The summed E-state index contributed by atoms with van der Waals surface area (Å²) in [6.07, 6.45) is 2.92. The Morgan fingerprint density at radius 2 is 1.93 bits per heavy atom. The highest BCUT2D eigenvalue weighted by atomic mass is 16.5. The van der Waals surface area contributed by atoms with Gasteiger partial charge >= 0.3 is 0 Å². The molecule has 3 N–H and O–H groups in total. The zero-order valence-electron chi connectivity index (χ0n) is 17.7. The highest BCUT2D eigenvalue weighted by molar-refractivity contribution is 6.09. The number of amides is 2. The van der Waals surface area contributed by atoms with E-state index in [2.05, 4.69) is 19.2 Å². The first-order valence-corrected chi connectivity index (χ1v) is 10.0. The van der Waals surface area contributed by atoms with Crippen molar-refractivity contribution < 1.29 is 23.9 Å². The standard InChI is InChI=1S/C13H17NO3.C9H15NO2/c1-9(15)11-5-3-6-12(13(11)10(2)16)17-8-4-7-14;1-3-6(2)7-4-5-8(11)10-9(7)12/h3,5-6H,4,7-8,14H2,1-2H3;6-7H,3-5H2,1-2H3,(H,10,11,12). The van der Waals surface area contributed by atoms with Crippen LogP contribution in [-0.4, -0.2) is 36.5 Å². The lowest BCUT2D eigenvalue weighted by molar-refractivity contribution is -0.137. The number of Topliss-reactive ketones (excluding diaryl/α,β-unsaturated/α-hetero) is 2. The van der Waals surface area contributed by atoms with Crippen molar-refractivity contribution in [1.82, 2.24) is 5.32 Å². The quantitative estimate of drug-likeness (QED) is 0.391. The van der Waals surface area contributed by atoms with Crippen molar-refractivity contribution >= 4 is 23.4 Å². The Balaban J connectivity index is 0.000000308. The number of hydrogen-bond donors (Lipinski definition) is 2. The number of imide groups is 1. The second-order valence-electron chi connectivity index (χ2n) is 7.22. The van der Waals surface area contributed by atoms with Crippen molar-refractivity contribution in [2.75, 3.05) is 13.2 Å². The van der Waals surface area contributed by atoms with Gasteiger partial charge in [0.2, 0.25) is 11.8 Å². The molecule has 1 aromatic carbocycles. The lowest BCUT2D eigenvalue weighted by Gasteiger charge is -2.25. The molecule has 0 radical (unpaired) electrons. The van der Waals surface area contributed by atoms with Crippen LogP contribution in [0, 0.1) is 11.8 Å². The molecule has 1 aromatic rings. The third-order valence-corrected chi connectivity index (χ3v) is 4.98. The third kappa shape index (κ3) is 7.42. The summed E-state index contributed by atoms with van der Waals surface area (Å²) in [6, 6.07) is 5.04. The monoisotopic (exact) mass is 404 g/mol. The smallest absolute Gasteiger partial charge is 0.229 e. The first kappa shape index (κ1) is 24.5. The Labute approximate surface area is 172 Å². The first-order chi connectivity index (χ1) is 13.7. The number of piperidine rings is 1. The fraction of sp³-hybridized carbons (Fsp3) is 0.545. The first-order valence-electron chi connectivity index (χ1n) is 10.0. The molecule has 1 saturated heterocycles. The predicted molar refractivity (Wildman–Crippen MR) is 111 cm³/mol. The number of rotatable bonds is 8. The molecule has 2 unspecified atom stereocenters. The van der Waals surface area contributed by atoms with E-state index in [1.807, 2.05) is 0 Å². The van der Waals surface area contributed by atoms with Crippen molar-refractivity contribution in [3.63, 3.8) is 0 Å². The van der Waals surface area contributed by atoms with Gasteiger partial charge < -0.3 is 10.5 Å². The molecule has 29 heavy (non-hydrogen) atoms. The number of ketones is 2. The summed E-state index contributed by atoms with van der Waals surface area (Å²) in [7, 11) is 0. The second-order valence-corrected chi connectivity index (χ2v) is 7.22. The minimum Gasteiger partial charge on any atom is -0.493 e. The van der Waals surface area contributed by atoms with E-state index in [0.29, 0.717) is 48.8 Å². The van der Waals surface area contributed by atoms with Gasteiger partial charge in [-0.2, -0.15) is 0 Å². The van der Waals surface area contributed by atoms with Crippen LogP contribution in [-0.2, 0) is 9.59 Å². The Morgan fingerprint density at radius 3 is 2.45 bits per heavy atom. The lowest BCUT2D eigenvalue weighted by atomic mass is 9.85. The summed E-state index contributed by atoms with van der Waals surface area (Å²) in [5.41, 5.74) is 6.13. The maximum atomic E-state index is 11.6. The van der Waals surface area contributed by atoms with Gasteiger partial charge in [0.25, 0.3) is 0 Å². The lowest BCUT2D eigenvalue weighted by Crippen LogP contribution is -2.42. The zero-order valence-corrected chi connectivity index (χ0v) is 17.7. The van der Waals surface area contributed by atoms with E-state index in [1.165, 1.54) is 13.8 Å². The predicted octanol–water partition coefficient (Wildman–Crippen LogP) is 2.90. The molecule has 2 amide bonds. The molecule has 1 aliphatic heterocycles. The number of carbonyl (C=O) groups is 4. The zero-order chi connectivity index (χ0) is 22.0. The molecule has 7 nitrogen and oxygen atoms in total. The van der Waals surface area contributed by atoms with E-state index in [1.54, 1.807) is 18.2 Å². The molecule has 7 heteroatoms. The summed E-state index contributed by atoms with van der Waals surface area (Å²) in [4.78, 5) is 45.1. The Kier molecular flexibility index (Phi) is 10.2. The van der Waals surface area contributed by atoms with E-state index in [9.17, 15) is 19.2 Å². The van der Waals surface area contributed by atoms with E-state index in [-0.39, 0.29) is 29.3 Å². The van der Waals surface area contributed by atoms with Gasteiger partial charge in [0.1, 0.15) is 5.75 Å². The molecular formula is C22H32N2O5. The van der Waals surface area contributed by atoms with Crippen LogP contribution < -0.4 is 15.8 Å². The summed E-state index contributed by atoms with van der Waals surface area (Å²) in [5.74, 6) is 0.377. The molecule has 1 aliphatic rings. The maximum absolute atomic E-state index is 11.6. The number of carbonyl (C=O) groups excluding carboxylic acids is 4. The maximum Gasteiger partial charge on any atom is 0.229 e. The molecule has 0 bridgehead atoms. The topological polar surface area (TPSA) is 116 Å². The molecule has 1 fully saturated rings. The Bertz CT molecular complexity index is 745. The van der Waals surface area contributed by atoms with Gasteiger partial charge in [-0.05, 0) is 45.2 Å². The van der Waals surface area contributed by atoms with Crippen LogP contribution in [0.2, 0.25) is 0 Å². The van der Waals surface area contributed by atoms with Gasteiger partial charge in [-0.1, -0.05) is 32.4 Å². The van der Waals surface area contributed by atoms with Gasteiger partial charge in [-0.3, -0.25) is 24.5 Å². The van der Waals surface area contributed by atoms with Crippen LogP contribution >= 0.6 is 0 Å². The van der Waals surface area contributed by atoms with Gasteiger partial charge in [0, 0.05) is 17.9 Å². The third-order valence-electron chi connectivity index (χ3n) is 4.98.